The van der Waals surface area contributed by atoms with Gasteiger partial charge in [-0.25, -0.2) is 4.79 Å². The first kappa shape index (κ1) is 34.8. The van der Waals surface area contributed by atoms with E-state index < -0.39 is 11.9 Å². The van der Waals surface area contributed by atoms with Gasteiger partial charge in [0.2, 0.25) is 0 Å². The molecule has 0 atom stereocenters. The van der Waals surface area contributed by atoms with Crippen molar-refractivity contribution in [1.29, 1.82) is 0 Å². The Balaban J connectivity index is -0.000000976. The highest BCUT2D eigenvalue weighted by molar-refractivity contribution is 5.84. The molecule has 0 aliphatic carbocycles. The fourth-order valence-electron chi connectivity index (χ4n) is 3.05. The van der Waals surface area contributed by atoms with Gasteiger partial charge in [0.1, 0.15) is 0 Å². The van der Waals surface area contributed by atoms with Crippen LogP contribution in [0.25, 0.3) is 0 Å². The molecule has 0 unspecified atom stereocenters. The molecule has 5 heteroatoms. The van der Waals surface area contributed by atoms with Crippen molar-refractivity contribution in [3.63, 3.8) is 0 Å². The topological polar surface area (TPSA) is 74.6 Å². The molecule has 2 N–H and O–H groups in total. The van der Waals surface area contributed by atoms with Crippen molar-refractivity contribution in [1.82, 2.24) is 0 Å². The third-order valence-corrected chi connectivity index (χ3v) is 5.02. The van der Waals surface area contributed by atoms with Crippen molar-refractivity contribution in [3.05, 3.63) is 24.3 Å². The molecule has 0 aromatic carbocycles. The van der Waals surface area contributed by atoms with Gasteiger partial charge in [0, 0.05) is 12.0 Å². The van der Waals surface area contributed by atoms with Crippen LogP contribution >= 0.6 is 0 Å². The third kappa shape index (κ3) is 36.9. The summed E-state index contributed by atoms with van der Waals surface area (Å²) in [6.07, 6.45) is 27.1. The summed E-state index contributed by atoms with van der Waals surface area (Å²) in [5, 5.41) is 16.4. The standard InChI is InChI=1S/C22H42O2.C4H6O2.Mg.2H/c1-2-3-4-5-6-7-8-9-10-11-12-13-14-15-16-17-18-19-20-21-22(23)24;1-3(2)4(5)6;;;/h9-10H,2-8,11-21H2,1H3,(H,23,24);1H2,2H3,(H,5,6);;;/b10-9-;;;;. The van der Waals surface area contributed by atoms with E-state index in [-0.39, 0.29) is 28.6 Å². The lowest BCUT2D eigenvalue weighted by atomic mass is 10.1. The van der Waals surface area contributed by atoms with Gasteiger partial charge >= 0.3 is 35.0 Å². The highest BCUT2D eigenvalue weighted by Crippen LogP contribution is 2.12. The number of hydrogen-bond acceptors (Lipinski definition) is 2. The summed E-state index contributed by atoms with van der Waals surface area (Å²) in [7, 11) is 0. The van der Waals surface area contributed by atoms with E-state index in [1.807, 2.05) is 0 Å². The van der Waals surface area contributed by atoms with Gasteiger partial charge in [-0.15, -0.1) is 0 Å². The molecule has 0 radical (unpaired) electrons. The molecule has 0 bridgehead atoms. The molecule has 0 rings (SSSR count). The Labute approximate surface area is 208 Å². The maximum Gasteiger partial charge on any atom is 0.330 e. The fraction of sp³-hybridized carbons (Fsp3) is 0.769. The van der Waals surface area contributed by atoms with Gasteiger partial charge in [-0.05, 0) is 39.0 Å². The Morgan fingerprint density at radius 2 is 1.00 bits per heavy atom. The molecule has 0 fully saturated rings. The Kier molecular flexibility index (Phi) is 32.8. The van der Waals surface area contributed by atoms with Gasteiger partial charge in [0.25, 0.3) is 0 Å². The summed E-state index contributed by atoms with van der Waals surface area (Å²) in [4.78, 5) is 20.0. The second-order valence-corrected chi connectivity index (χ2v) is 8.23. The normalized spacial score (nSPS) is 10.3. The van der Waals surface area contributed by atoms with Gasteiger partial charge in [-0.3, -0.25) is 4.79 Å². The van der Waals surface area contributed by atoms with Crippen molar-refractivity contribution in [2.24, 2.45) is 0 Å². The van der Waals surface area contributed by atoms with Crippen LogP contribution in [-0.4, -0.2) is 45.2 Å². The minimum Gasteiger partial charge on any atom is -0.481 e. The lowest BCUT2D eigenvalue weighted by Gasteiger charge is -2.01. The van der Waals surface area contributed by atoms with Gasteiger partial charge in [-0.1, -0.05) is 103 Å². The van der Waals surface area contributed by atoms with Crippen LogP contribution in [0.1, 0.15) is 129 Å². The number of aliphatic carboxylic acids is 2. The summed E-state index contributed by atoms with van der Waals surface area (Å²) >= 11 is 0. The van der Waals surface area contributed by atoms with Crippen molar-refractivity contribution < 1.29 is 19.8 Å². The van der Waals surface area contributed by atoms with Crippen LogP contribution in [0.2, 0.25) is 0 Å². The maximum atomic E-state index is 10.4. The van der Waals surface area contributed by atoms with Crippen LogP contribution in [0.3, 0.4) is 0 Å². The van der Waals surface area contributed by atoms with Gasteiger partial charge in [0.15, 0.2) is 0 Å². The van der Waals surface area contributed by atoms with E-state index in [2.05, 4.69) is 25.7 Å². The van der Waals surface area contributed by atoms with E-state index in [1.54, 1.807) is 0 Å². The second kappa shape index (κ2) is 29.2. The molecule has 180 valence electrons. The molecule has 0 aliphatic heterocycles. The summed E-state index contributed by atoms with van der Waals surface area (Å²) in [6.45, 7) is 6.87. The highest BCUT2D eigenvalue weighted by atomic mass is 24.3. The van der Waals surface area contributed by atoms with Crippen LogP contribution in [0.5, 0.6) is 0 Å². The molecular formula is C26H50MgO4. The summed E-state index contributed by atoms with van der Waals surface area (Å²) in [5.74, 6) is -1.59. The maximum absolute atomic E-state index is 10.4. The molecule has 0 amide bonds. The van der Waals surface area contributed by atoms with Crippen LogP contribution in [0.15, 0.2) is 24.3 Å². The number of carboxylic acids is 2. The lowest BCUT2D eigenvalue weighted by Crippen LogP contribution is -1.93. The number of allylic oxidation sites excluding steroid dienone is 2. The highest BCUT2D eigenvalue weighted by Gasteiger charge is 1.96. The monoisotopic (exact) mass is 450 g/mol. The van der Waals surface area contributed by atoms with Gasteiger partial charge < -0.3 is 10.2 Å². The first-order valence-corrected chi connectivity index (χ1v) is 12.2. The zero-order chi connectivity index (χ0) is 22.9. The fourth-order valence-corrected chi connectivity index (χ4v) is 3.05. The lowest BCUT2D eigenvalue weighted by molar-refractivity contribution is -0.137. The smallest absolute Gasteiger partial charge is 0.330 e. The Hall–Kier alpha value is -0.814. The minimum atomic E-state index is -0.935. The molecule has 0 aromatic heterocycles. The number of carbonyl (C=O) groups is 2. The van der Waals surface area contributed by atoms with Gasteiger partial charge in [-0.2, -0.15) is 0 Å². The predicted octanol–water partition coefficient (Wildman–Crippen LogP) is 7.40. The van der Waals surface area contributed by atoms with Crippen LogP contribution in [-0.2, 0) is 9.59 Å². The molecule has 0 saturated carbocycles. The van der Waals surface area contributed by atoms with E-state index in [0.717, 1.165) is 12.8 Å². The first-order chi connectivity index (χ1) is 14.4. The number of unbranched alkanes of at least 4 members (excludes halogenated alkanes) is 15. The molecule has 0 spiro atoms. The zero-order valence-corrected chi connectivity index (χ0v) is 19.8. The number of carboxylic acid groups (broad SMARTS) is 2. The second-order valence-electron chi connectivity index (χ2n) is 8.23. The van der Waals surface area contributed by atoms with Crippen molar-refractivity contribution in [2.45, 2.75) is 129 Å². The predicted molar refractivity (Wildman–Crippen MR) is 137 cm³/mol. The van der Waals surface area contributed by atoms with Crippen LogP contribution in [0.4, 0.5) is 0 Å². The summed E-state index contributed by atoms with van der Waals surface area (Å²) in [5.41, 5.74) is 0.176. The molecule has 0 heterocycles. The third-order valence-electron chi connectivity index (χ3n) is 5.02. The van der Waals surface area contributed by atoms with E-state index in [9.17, 15) is 9.59 Å². The van der Waals surface area contributed by atoms with Crippen LogP contribution < -0.4 is 0 Å². The molecule has 0 saturated heterocycles. The van der Waals surface area contributed by atoms with E-state index in [4.69, 9.17) is 10.2 Å². The number of rotatable bonds is 20. The summed E-state index contributed by atoms with van der Waals surface area (Å²) in [6, 6.07) is 0. The van der Waals surface area contributed by atoms with Crippen molar-refractivity contribution in [3.8, 4) is 0 Å². The minimum absolute atomic E-state index is 0. The zero-order valence-electron chi connectivity index (χ0n) is 19.8. The van der Waals surface area contributed by atoms with E-state index in [1.165, 1.54) is 103 Å². The molecule has 31 heavy (non-hydrogen) atoms. The summed E-state index contributed by atoms with van der Waals surface area (Å²) < 4.78 is 0. The number of hydrogen-bond donors (Lipinski definition) is 2. The van der Waals surface area contributed by atoms with Crippen molar-refractivity contribution >= 4 is 35.0 Å². The molecule has 0 aromatic rings. The Bertz CT molecular complexity index is 435. The molecule has 4 nitrogen and oxygen atoms in total. The largest absolute Gasteiger partial charge is 0.481 e. The van der Waals surface area contributed by atoms with Crippen LogP contribution in [0, 0.1) is 0 Å². The Morgan fingerprint density at radius 1 is 0.677 bits per heavy atom. The van der Waals surface area contributed by atoms with Gasteiger partial charge in [0.05, 0.1) is 0 Å². The first-order valence-electron chi connectivity index (χ1n) is 12.2. The molecule has 0 aliphatic rings. The Morgan fingerprint density at radius 3 is 1.32 bits per heavy atom. The molecular weight excluding hydrogens is 401 g/mol. The van der Waals surface area contributed by atoms with E-state index >= 15 is 0 Å². The SMILES string of the molecule is C=C(C)C(=O)O.CCCCCCCC/C=C\CCCCCCCCCCCC(=O)O.[MgH2]. The average molecular weight is 451 g/mol. The average Bonchev–Trinajstić information content (AvgIpc) is 2.70. The van der Waals surface area contributed by atoms with Crippen molar-refractivity contribution in [2.75, 3.05) is 0 Å². The van der Waals surface area contributed by atoms with E-state index in [0.29, 0.717) is 6.42 Å². The quantitative estimate of drug-likeness (QED) is 0.0876.